The van der Waals surface area contributed by atoms with Crippen molar-refractivity contribution in [2.75, 3.05) is 48.8 Å². The van der Waals surface area contributed by atoms with Gasteiger partial charge in [-0.25, -0.2) is 0 Å². The molecule has 160 valence electrons. The van der Waals surface area contributed by atoms with Gasteiger partial charge < -0.3 is 24.9 Å². The van der Waals surface area contributed by atoms with E-state index < -0.39 is 0 Å². The number of nitrogens with zero attached hydrogens (tertiary/aromatic N) is 2. The average Bonchev–Trinajstić information content (AvgIpc) is 3.30. The molecule has 1 aromatic heterocycles. The van der Waals surface area contributed by atoms with Crippen molar-refractivity contribution in [3.05, 3.63) is 77.7 Å². The zero-order chi connectivity index (χ0) is 21.8. The summed E-state index contributed by atoms with van der Waals surface area (Å²) in [4.78, 5) is 29.4. The Labute approximate surface area is 181 Å². The number of hydrogen-bond donors (Lipinski definition) is 2. The number of hydrogen-bond acceptors (Lipinski definition) is 5. The number of piperazine rings is 1. The van der Waals surface area contributed by atoms with Gasteiger partial charge in [0.1, 0.15) is 0 Å². The second-order valence-corrected chi connectivity index (χ2v) is 7.75. The monoisotopic (exact) mass is 418 g/mol. The third kappa shape index (κ3) is 4.95. The van der Waals surface area contributed by atoms with Crippen LogP contribution in [0.2, 0.25) is 0 Å². The molecule has 4 rings (SSSR count). The van der Waals surface area contributed by atoms with Gasteiger partial charge in [0, 0.05) is 48.8 Å². The number of furan rings is 1. The van der Waals surface area contributed by atoms with E-state index in [9.17, 15) is 9.59 Å². The van der Waals surface area contributed by atoms with Crippen LogP contribution in [0.15, 0.2) is 65.3 Å². The summed E-state index contributed by atoms with van der Waals surface area (Å²) >= 11 is 0. The Morgan fingerprint density at radius 2 is 1.55 bits per heavy atom. The molecule has 0 bridgehead atoms. The van der Waals surface area contributed by atoms with Crippen LogP contribution in [-0.2, 0) is 0 Å². The smallest absolute Gasteiger partial charge is 0.291 e. The van der Waals surface area contributed by atoms with E-state index in [2.05, 4.69) is 40.5 Å². The van der Waals surface area contributed by atoms with Gasteiger partial charge in [-0.2, -0.15) is 0 Å². The maximum atomic E-state index is 12.6. The first-order valence-electron chi connectivity index (χ1n) is 10.3. The van der Waals surface area contributed by atoms with Crippen molar-refractivity contribution in [3.63, 3.8) is 0 Å². The molecule has 2 N–H and O–H groups in total. The minimum Gasteiger partial charge on any atom is -0.459 e. The standard InChI is InChI=1S/C24H26N4O3/c1-17-16-20(9-10-21(17)28-13-11-27(2)12-14-28)26-23(29)18-5-7-19(8-6-18)25-24(30)22-4-3-15-31-22/h3-10,15-16H,11-14H2,1-2H3,(H,25,30)(H,26,29). The quantitative estimate of drug-likeness (QED) is 0.658. The molecule has 7 heteroatoms. The summed E-state index contributed by atoms with van der Waals surface area (Å²) in [5.74, 6) is -0.300. The normalized spacial score (nSPS) is 14.3. The summed E-state index contributed by atoms with van der Waals surface area (Å²) in [6, 6.07) is 16.0. The molecule has 0 unspecified atom stereocenters. The first-order chi connectivity index (χ1) is 15.0. The summed E-state index contributed by atoms with van der Waals surface area (Å²) in [6.45, 7) is 6.18. The lowest BCUT2D eigenvalue weighted by molar-refractivity contribution is 0.0995. The fourth-order valence-corrected chi connectivity index (χ4v) is 3.64. The van der Waals surface area contributed by atoms with Crippen molar-refractivity contribution in [1.82, 2.24) is 4.90 Å². The van der Waals surface area contributed by atoms with Crippen LogP contribution in [0, 0.1) is 6.92 Å². The van der Waals surface area contributed by atoms with Crippen LogP contribution in [-0.4, -0.2) is 49.9 Å². The Hall–Kier alpha value is -3.58. The second kappa shape index (κ2) is 9.06. The molecule has 3 aromatic rings. The summed E-state index contributed by atoms with van der Waals surface area (Å²) in [6.07, 6.45) is 1.45. The zero-order valence-electron chi connectivity index (χ0n) is 17.7. The van der Waals surface area contributed by atoms with Crippen LogP contribution in [0.1, 0.15) is 26.5 Å². The molecule has 0 aliphatic carbocycles. The van der Waals surface area contributed by atoms with Crippen molar-refractivity contribution in [1.29, 1.82) is 0 Å². The number of carbonyl (C=O) groups is 2. The van der Waals surface area contributed by atoms with Gasteiger partial charge in [-0.3, -0.25) is 9.59 Å². The Balaban J connectivity index is 1.37. The maximum Gasteiger partial charge on any atom is 0.291 e. The zero-order valence-corrected chi connectivity index (χ0v) is 17.7. The van der Waals surface area contributed by atoms with Crippen LogP contribution in [0.3, 0.4) is 0 Å². The number of anilines is 3. The van der Waals surface area contributed by atoms with Crippen LogP contribution in [0.5, 0.6) is 0 Å². The average molecular weight is 418 g/mol. The van der Waals surface area contributed by atoms with Crippen molar-refractivity contribution in [2.45, 2.75) is 6.92 Å². The Bertz CT molecular complexity index is 1050. The number of carbonyl (C=O) groups excluding carboxylic acids is 2. The van der Waals surface area contributed by atoms with Gasteiger partial charge in [0.25, 0.3) is 11.8 Å². The molecule has 1 aliphatic rings. The lowest BCUT2D eigenvalue weighted by atomic mass is 10.1. The molecule has 1 aliphatic heterocycles. The first kappa shape index (κ1) is 20.7. The number of aryl methyl sites for hydroxylation is 1. The molecule has 0 atom stereocenters. The highest BCUT2D eigenvalue weighted by atomic mass is 16.3. The first-order valence-corrected chi connectivity index (χ1v) is 10.3. The molecule has 0 saturated carbocycles. The van der Waals surface area contributed by atoms with Crippen LogP contribution < -0.4 is 15.5 Å². The fraction of sp³-hybridized carbons (Fsp3) is 0.250. The highest BCUT2D eigenvalue weighted by Crippen LogP contribution is 2.25. The molecular weight excluding hydrogens is 392 g/mol. The van der Waals surface area contributed by atoms with Gasteiger partial charge in [0.2, 0.25) is 0 Å². The number of nitrogens with one attached hydrogen (secondary N) is 2. The number of rotatable bonds is 5. The minimum absolute atomic E-state index is 0.198. The molecule has 1 saturated heterocycles. The van der Waals surface area contributed by atoms with E-state index in [4.69, 9.17) is 4.42 Å². The molecule has 2 aromatic carbocycles. The molecular formula is C24H26N4O3. The third-order valence-corrected chi connectivity index (χ3v) is 5.45. The summed E-state index contributed by atoms with van der Waals surface area (Å²) in [7, 11) is 2.14. The largest absolute Gasteiger partial charge is 0.459 e. The molecule has 2 amide bonds. The summed E-state index contributed by atoms with van der Waals surface area (Å²) < 4.78 is 5.08. The third-order valence-electron chi connectivity index (χ3n) is 5.45. The van der Waals surface area contributed by atoms with Crippen LogP contribution in [0.25, 0.3) is 0 Å². The van der Waals surface area contributed by atoms with Gasteiger partial charge in [-0.15, -0.1) is 0 Å². The van der Waals surface area contributed by atoms with Gasteiger partial charge in [-0.1, -0.05) is 0 Å². The summed E-state index contributed by atoms with van der Waals surface area (Å²) in [5, 5.41) is 5.69. The van der Waals surface area contributed by atoms with E-state index in [0.717, 1.165) is 37.4 Å². The molecule has 1 fully saturated rings. The molecule has 31 heavy (non-hydrogen) atoms. The van der Waals surface area contributed by atoms with Crippen molar-refractivity contribution in [3.8, 4) is 0 Å². The van der Waals surface area contributed by atoms with E-state index in [1.165, 1.54) is 12.0 Å². The Kier molecular flexibility index (Phi) is 6.04. The topological polar surface area (TPSA) is 77.8 Å². The summed E-state index contributed by atoms with van der Waals surface area (Å²) in [5.41, 5.74) is 4.21. The lowest BCUT2D eigenvalue weighted by Gasteiger charge is -2.35. The predicted octanol–water partition coefficient (Wildman–Crippen LogP) is 3.84. The Morgan fingerprint density at radius 1 is 0.871 bits per heavy atom. The molecule has 2 heterocycles. The molecule has 7 nitrogen and oxygen atoms in total. The maximum absolute atomic E-state index is 12.6. The Morgan fingerprint density at radius 3 is 2.19 bits per heavy atom. The highest BCUT2D eigenvalue weighted by Gasteiger charge is 2.16. The van der Waals surface area contributed by atoms with Gasteiger partial charge in [0.15, 0.2) is 5.76 Å². The van der Waals surface area contributed by atoms with Gasteiger partial charge in [-0.05, 0) is 74.1 Å². The second-order valence-electron chi connectivity index (χ2n) is 7.75. The predicted molar refractivity (Wildman–Crippen MR) is 122 cm³/mol. The number of likely N-dealkylation sites (N-methyl/N-ethyl adjacent to an activating group) is 1. The van der Waals surface area contributed by atoms with E-state index >= 15 is 0 Å². The number of amides is 2. The van der Waals surface area contributed by atoms with Crippen molar-refractivity contribution < 1.29 is 14.0 Å². The molecule has 0 radical (unpaired) electrons. The van der Waals surface area contributed by atoms with Gasteiger partial charge >= 0.3 is 0 Å². The molecule has 0 spiro atoms. The minimum atomic E-state index is -0.335. The number of benzene rings is 2. The van der Waals surface area contributed by atoms with Gasteiger partial charge in [0.05, 0.1) is 6.26 Å². The fourth-order valence-electron chi connectivity index (χ4n) is 3.64. The van der Waals surface area contributed by atoms with Crippen LogP contribution >= 0.6 is 0 Å². The van der Waals surface area contributed by atoms with E-state index in [1.54, 1.807) is 36.4 Å². The van der Waals surface area contributed by atoms with Crippen molar-refractivity contribution >= 4 is 28.9 Å². The highest BCUT2D eigenvalue weighted by molar-refractivity contribution is 6.05. The van der Waals surface area contributed by atoms with Crippen molar-refractivity contribution in [2.24, 2.45) is 0 Å². The van der Waals surface area contributed by atoms with E-state index in [-0.39, 0.29) is 17.6 Å². The van der Waals surface area contributed by atoms with Crippen LogP contribution in [0.4, 0.5) is 17.1 Å². The van der Waals surface area contributed by atoms with E-state index in [1.807, 2.05) is 12.1 Å². The lowest BCUT2D eigenvalue weighted by Crippen LogP contribution is -2.44. The SMILES string of the molecule is Cc1cc(NC(=O)c2ccc(NC(=O)c3ccco3)cc2)ccc1N1CCN(C)CC1. The van der Waals surface area contributed by atoms with E-state index in [0.29, 0.717) is 11.3 Å².